The first kappa shape index (κ1) is 15.2. The van der Waals surface area contributed by atoms with E-state index in [0.717, 1.165) is 12.1 Å². The van der Waals surface area contributed by atoms with E-state index in [1.54, 1.807) is 0 Å². The highest BCUT2D eigenvalue weighted by atomic mass is 32.2. The first-order chi connectivity index (χ1) is 9.78. The number of nitrogens with zero attached hydrogens (tertiary/aromatic N) is 2. The highest BCUT2D eigenvalue weighted by Crippen LogP contribution is 2.25. The molecule has 10 heteroatoms. The smallest absolute Gasteiger partial charge is 0.354 e. The molecule has 1 aromatic heterocycles. The second-order valence-corrected chi connectivity index (χ2v) is 6.95. The van der Waals surface area contributed by atoms with Gasteiger partial charge in [-0.05, 0) is 18.9 Å². The molecule has 114 valence electrons. The van der Waals surface area contributed by atoms with Crippen molar-refractivity contribution in [2.45, 2.75) is 18.9 Å². The molecule has 1 atom stereocenters. The molecule has 1 fully saturated rings. The van der Waals surface area contributed by atoms with Crippen LogP contribution in [0, 0.1) is 10.1 Å². The summed E-state index contributed by atoms with van der Waals surface area (Å²) in [7, 11) is -3.19. The number of aromatic nitrogens is 1. The summed E-state index contributed by atoms with van der Waals surface area (Å²) >= 11 is 0. The molecular weight excluding hydrogens is 302 g/mol. The molecule has 2 N–H and O–H groups in total. The van der Waals surface area contributed by atoms with Gasteiger partial charge in [-0.25, -0.2) is 18.2 Å². The van der Waals surface area contributed by atoms with Gasteiger partial charge in [0.15, 0.2) is 15.5 Å². The fourth-order valence-electron chi connectivity index (χ4n) is 2.15. The molecule has 0 bridgehead atoms. The molecule has 1 saturated heterocycles. The standard InChI is InChI=1S/C11H13N3O6S/c15-11(16)8-3-4-9(14(17)18)10(13-8)12-7-2-1-5-21(19,20)6-7/h3-4,7H,1-2,5-6H2,(H,12,13)(H,15,16). The molecule has 0 radical (unpaired) electrons. The number of carboxylic acid groups (broad SMARTS) is 1. The summed E-state index contributed by atoms with van der Waals surface area (Å²) in [5.41, 5.74) is -0.732. The highest BCUT2D eigenvalue weighted by Gasteiger charge is 2.27. The van der Waals surface area contributed by atoms with Gasteiger partial charge in [-0.15, -0.1) is 0 Å². The van der Waals surface area contributed by atoms with Crippen LogP contribution in [0.2, 0.25) is 0 Å². The van der Waals surface area contributed by atoms with Crippen LogP contribution in [-0.4, -0.2) is 46.9 Å². The van der Waals surface area contributed by atoms with Gasteiger partial charge in [-0.2, -0.15) is 0 Å². The van der Waals surface area contributed by atoms with Gasteiger partial charge in [0, 0.05) is 12.1 Å². The maximum atomic E-state index is 11.6. The Labute approximate surface area is 120 Å². The Morgan fingerprint density at radius 1 is 1.48 bits per heavy atom. The third-order valence-electron chi connectivity index (χ3n) is 3.09. The van der Waals surface area contributed by atoms with Crippen molar-refractivity contribution >= 4 is 27.3 Å². The van der Waals surface area contributed by atoms with E-state index in [0.29, 0.717) is 12.8 Å². The summed E-state index contributed by atoms with van der Waals surface area (Å²) < 4.78 is 23.1. The van der Waals surface area contributed by atoms with E-state index in [1.165, 1.54) is 0 Å². The van der Waals surface area contributed by atoms with E-state index >= 15 is 0 Å². The van der Waals surface area contributed by atoms with Crippen LogP contribution >= 0.6 is 0 Å². The van der Waals surface area contributed by atoms with Crippen LogP contribution in [0.25, 0.3) is 0 Å². The molecule has 1 aliphatic heterocycles. The second kappa shape index (κ2) is 5.64. The number of rotatable bonds is 4. The van der Waals surface area contributed by atoms with Gasteiger partial charge in [0.25, 0.3) is 0 Å². The van der Waals surface area contributed by atoms with Gasteiger partial charge < -0.3 is 10.4 Å². The summed E-state index contributed by atoms with van der Waals surface area (Å²) in [6.07, 6.45) is 0.974. The van der Waals surface area contributed by atoms with Crippen molar-refractivity contribution in [3.8, 4) is 0 Å². The molecule has 21 heavy (non-hydrogen) atoms. The van der Waals surface area contributed by atoms with Crippen LogP contribution in [0.5, 0.6) is 0 Å². The summed E-state index contributed by atoms with van der Waals surface area (Å²) in [4.78, 5) is 24.8. The zero-order chi connectivity index (χ0) is 15.6. The van der Waals surface area contributed by atoms with Gasteiger partial charge in [-0.3, -0.25) is 10.1 Å². The van der Waals surface area contributed by atoms with Crippen LogP contribution in [0.15, 0.2) is 12.1 Å². The highest BCUT2D eigenvalue weighted by molar-refractivity contribution is 7.91. The van der Waals surface area contributed by atoms with E-state index in [-0.39, 0.29) is 28.7 Å². The molecular formula is C11H13N3O6S. The van der Waals surface area contributed by atoms with Crippen LogP contribution in [-0.2, 0) is 9.84 Å². The Kier molecular flexibility index (Phi) is 4.07. The van der Waals surface area contributed by atoms with Crippen LogP contribution < -0.4 is 5.32 Å². The van der Waals surface area contributed by atoms with Crippen LogP contribution in [0.1, 0.15) is 23.3 Å². The molecule has 0 aromatic carbocycles. The molecule has 2 rings (SSSR count). The van der Waals surface area contributed by atoms with Gasteiger partial charge >= 0.3 is 11.7 Å². The first-order valence-corrected chi connectivity index (χ1v) is 7.96. The number of aromatic carboxylic acids is 1. The van der Waals surface area contributed by atoms with E-state index < -0.39 is 26.8 Å². The molecule has 0 saturated carbocycles. The Bertz CT molecular complexity index is 687. The molecule has 1 aromatic rings. The second-order valence-electron chi connectivity index (χ2n) is 4.72. The molecule has 1 aliphatic rings. The number of sulfone groups is 1. The quantitative estimate of drug-likeness (QED) is 0.610. The average molecular weight is 315 g/mol. The molecule has 0 aliphatic carbocycles. The molecule has 0 amide bonds. The van der Waals surface area contributed by atoms with Crippen LogP contribution in [0.4, 0.5) is 11.5 Å². The van der Waals surface area contributed by atoms with Gasteiger partial charge in [0.05, 0.1) is 16.4 Å². The SMILES string of the molecule is O=C(O)c1ccc([N+](=O)[O-])c(NC2CCCS(=O)(=O)C2)n1. The van der Waals surface area contributed by atoms with Gasteiger partial charge in [0.2, 0.25) is 5.82 Å². The zero-order valence-corrected chi connectivity index (χ0v) is 11.7. The number of anilines is 1. The summed E-state index contributed by atoms with van der Waals surface area (Å²) in [5.74, 6) is -1.59. The lowest BCUT2D eigenvalue weighted by molar-refractivity contribution is -0.384. The topological polar surface area (TPSA) is 140 Å². The summed E-state index contributed by atoms with van der Waals surface area (Å²) in [6, 6.07) is 1.55. The lowest BCUT2D eigenvalue weighted by Gasteiger charge is -2.23. The molecule has 0 spiro atoms. The predicted molar refractivity (Wildman–Crippen MR) is 73.1 cm³/mol. The zero-order valence-electron chi connectivity index (χ0n) is 10.9. The number of hydrogen-bond acceptors (Lipinski definition) is 7. The van der Waals surface area contributed by atoms with Gasteiger partial charge in [0.1, 0.15) is 0 Å². The van der Waals surface area contributed by atoms with Crippen molar-refractivity contribution in [1.29, 1.82) is 0 Å². The van der Waals surface area contributed by atoms with E-state index in [9.17, 15) is 23.3 Å². The van der Waals surface area contributed by atoms with Crippen molar-refractivity contribution in [2.24, 2.45) is 0 Å². The number of nitro groups is 1. The Morgan fingerprint density at radius 3 is 2.76 bits per heavy atom. The third kappa shape index (κ3) is 3.66. The van der Waals surface area contributed by atoms with Crippen molar-refractivity contribution < 1.29 is 23.2 Å². The minimum atomic E-state index is -3.19. The van der Waals surface area contributed by atoms with E-state index in [2.05, 4.69) is 10.3 Å². The molecule has 2 heterocycles. The van der Waals surface area contributed by atoms with Gasteiger partial charge in [-0.1, -0.05) is 0 Å². The fraction of sp³-hybridized carbons (Fsp3) is 0.455. The Balaban J connectivity index is 2.30. The van der Waals surface area contributed by atoms with Crippen molar-refractivity contribution in [2.75, 3.05) is 16.8 Å². The van der Waals surface area contributed by atoms with Crippen molar-refractivity contribution in [3.05, 3.63) is 27.9 Å². The number of hydrogen-bond donors (Lipinski definition) is 2. The Morgan fingerprint density at radius 2 is 2.19 bits per heavy atom. The number of carbonyl (C=O) groups is 1. The monoisotopic (exact) mass is 315 g/mol. The number of pyridine rings is 1. The molecule has 1 unspecified atom stereocenters. The summed E-state index contributed by atoms with van der Waals surface area (Å²) in [6.45, 7) is 0. The lowest BCUT2D eigenvalue weighted by atomic mass is 10.2. The maximum absolute atomic E-state index is 11.6. The van der Waals surface area contributed by atoms with Crippen molar-refractivity contribution in [1.82, 2.24) is 4.98 Å². The maximum Gasteiger partial charge on any atom is 0.354 e. The lowest BCUT2D eigenvalue weighted by Crippen LogP contribution is -2.35. The first-order valence-electron chi connectivity index (χ1n) is 6.14. The van der Waals surface area contributed by atoms with E-state index in [1.807, 2.05) is 0 Å². The minimum Gasteiger partial charge on any atom is -0.477 e. The number of nitrogens with one attached hydrogen (secondary N) is 1. The summed E-state index contributed by atoms with van der Waals surface area (Å²) in [5, 5.41) is 22.5. The minimum absolute atomic E-state index is 0.0931. The average Bonchev–Trinajstić information content (AvgIpc) is 2.37. The Hall–Kier alpha value is -2.23. The van der Waals surface area contributed by atoms with E-state index in [4.69, 9.17) is 5.11 Å². The predicted octanol–water partition coefficient (Wildman–Crippen LogP) is 0.677. The third-order valence-corrected chi connectivity index (χ3v) is 4.91. The molecule has 9 nitrogen and oxygen atoms in total. The van der Waals surface area contributed by atoms with Crippen molar-refractivity contribution in [3.63, 3.8) is 0 Å². The van der Waals surface area contributed by atoms with Crippen LogP contribution in [0.3, 0.4) is 0 Å². The number of carboxylic acids is 1. The largest absolute Gasteiger partial charge is 0.477 e. The fourth-order valence-corrected chi connectivity index (χ4v) is 3.79. The normalized spacial score (nSPS) is 20.7.